The molecule has 0 aliphatic carbocycles. The van der Waals surface area contributed by atoms with Gasteiger partial charge >= 0.3 is 0 Å². The van der Waals surface area contributed by atoms with E-state index < -0.39 is 0 Å². The molecule has 1 aromatic heterocycles. The smallest absolute Gasteiger partial charge is 0.226 e. The molecule has 0 radical (unpaired) electrons. The van der Waals surface area contributed by atoms with Gasteiger partial charge < -0.3 is 10.1 Å². The normalized spacial score (nSPS) is 13.8. The molecular weight excluding hydrogens is 321 g/mol. The van der Waals surface area contributed by atoms with Gasteiger partial charge in [0.05, 0.1) is 36.9 Å². The van der Waals surface area contributed by atoms with E-state index in [1.807, 2.05) is 19.9 Å². The summed E-state index contributed by atoms with van der Waals surface area (Å²) in [7, 11) is 0. The van der Waals surface area contributed by atoms with E-state index in [-0.39, 0.29) is 24.2 Å². The van der Waals surface area contributed by atoms with Crippen molar-refractivity contribution in [1.29, 1.82) is 0 Å². The van der Waals surface area contributed by atoms with Crippen molar-refractivity contribution in [2.75, 3.05) is 6.61 Å². The van der Waals surface area contributed by atoms with Crippen LogP contribution in [0.1, 0.15) is 42.3 Å². The molecule has 2 aromatic rings. The van der Waals surface area contributed by atoms with Gasteiger partial charge in [-0.15, -0.1) is 0 Å². The fourth-order valence-corrected chi connectivity index (χ4v) is 2.76. The Morgan fingerprint density at radius 3 is 2.84 bits per heavy atom. The second-order valence-corrected chi connectivity index (χ2v) is 5.90. The summed E-state index contributed by atoms with van der Waals surface area (Å²) in [5.74, 6) is 0.192. The van der Waals surface area contributed by atoms with Crippen LogP contribution in [0, 0.1) is 5.82 Å². The molecule has 0 unspecified atom stereocenters. The highest BCUT2D eigenvalue weighted by Crippen LogP contribution is 2.20. The first kappa shape index (κ1) is 17.1. The van der Waals surface area contributed by atoms with Crippen molar-refractivity contribution in [3.8, 4) is 0 Å². The van der Waals surface area contributed by atoms with E-state index in [0.717, 1.165) is 16.7 Å². The summed E-state index contributed by atoms with van der Waals surface area (Å²) >= 11 is 0. The van der Waals surface area contributed by atoms with Crippen LogP contribution < -0.4 is 5.32 Å². The van der Waals surface area contributed by atoms with Gasteiger partial charge in [0.1, 0.15) is 5.82 Å². The van der Waals surface area contributed by atoms with Crippen LogP contribution in [-0.2, 0) is 22.5 Å². The summed E-state index contributed by atoms with van der Waals surface area (Å²) in [6, 6.07) is 7.80. The van der Waals surface area contributed by atoms with Gasteiger partial charge in [-0.25, -0.2) is 9.38 Å². The minimum atomic E-state index is -0.293. The molecule has 0 fully saturated rings. The number of nitrogens with zero attached hydrogens (tertiary/aromatic N) is 2. The zero-order valence-corrected chi connectivity index (χ0v) is 14.3. The quantitative estimate of drug-likeness (QED) is 0.909. The zero-order valence-electron chi connectivity index (χ0n) is 14.3. The number of amides is 1. The SMILES string of the molecule is CCOC1=NCc2cc(CC(=O)N[C@H](C)c3ccc(F)cc3)ncc21. The first-order valence-corrected chi connectivity index (χ1v) is 8.27. The number of benzene rings is 1. The van der Waals surface area contributed by atoms with Crippen LogP contribution in [0.25, 0.3) is 0 Å². The van der Waals surface area contributed by atoms with E-state index in [2.05, 4.69) is 15.3 Å². The third-order valence-corrected chi connectivity index (χ3v) is 4.04. The van der Waals surface area contributed by atoms with Gasteiger partial charge in [-0.1, -0.05) is 12.1 Å². The van der Waals surface area contributed by atoms with Crippen LogP contribution >= 0.6 is 0 Å². The predicted molar refractivity (Wildman–Crippen MR) is 92.8 cm³/mol. The highest BCUT2D eigenvalue weighted by atomic mass is 19.1. The second kappa shape index (κ2) is 7.42. The first-order valence-electron chi connectivity index (χ1n) is 8.27. The Labute approximate surface area is 146 Å². The molecule has 1 aliphatic rings. The van der Waals surface area contributed by atoms with Gasteiger partial charge in [0, 0.05) is 6.20 Å². The summed E-state index contributed by atoms with van der Waals surface area (Å²) in [4.78, 5) is 20.9. The molecule has 2 heterocycles. The van der Waals surface area contributed by atoms with E-state index in [4.69, 9.17) is 4.74 Å². The fraction of sp³-hybridized carbons (Fsp3) is 0.316. The Morgan fingerprint density at radius 1 is 1.36 bits per heavy atom. The van der Waals surface area contributed by atoms with Gasteiger partial charge in [-0.2, -0.15) is 0 Å². The average Bonchev–Trinajstić information content (AvgIpc) is 2.98. The number of halogens is 1. The van der Waals surface area contributed by atoms with Gasteiger partial charge in [-0.05, 0) is 43.2 Å². The Balaban J connectivity index is 1.61. The maximum Gasteiger partial charge on any atom is 0.226 e. The molecule has 0 saturated heterocycles. The van der Waals surface area contributed by atoms with E-state index in [9.17, 15) is 9.18 Å². The topological polar surface area (TPSA) is 63.6 Å². The van der Waals surface area contributed by atoms with Crippen molar-refractivity contribution in [2.45, 2.75) is 32.9 Å². The third-order valence-electron chi connectivity index (χ3n) is 4.04. The van der Waals surface area contributed by atoms with E-state index in [0.29, 0.717) is 24.7 Å². The van der Waals surface area contributed by atoms with E-state index in [1.165, 1.54) is 12.1 Å². The number of hydrogen-bond donors (Lipinski definition) is 1. The Bertz CT molecular complexity index is 803. The molecule has 0 spiro atoms. The zero-order chi connectivity index (χ0) is 17.8. The minimum Gasteiger partial charge on any atom is -0.478 e. The lowest BCUT2D eigenvalue weighted by Crippen LogP contribution is -2.28. The minimum absolute atomic E-state index is 0.131. The molecule has 1 atom stereocenters. The summed E-state index contributed by atoms with van der Waals surface area (Å²) in [6.07, 6.45) is 1.89. The van der Waals surface area contributed by atoms with Crippen molar-refractivity contribution in [3.05, 3.63) is 64.7 Å². The third kappa shape index (κ3) is 4.02. The Morgan fingerprint density at radius 2 is 2.12 bits per heavy atom. The van der Waals surface area contributed by atoms with Crippen molar-refractivity contribution < 1.29 is 13.9 Å². The van der Waals surface area contributed by atoms with Gasteiger partial charge in [-0.3, -0.25) is 9.78 Å². The molecule has 1 amide bonds. The van der Waals surface area contributed by atoms with E-state index >= 15 is 0 Å². The van der Waals surface area contributed by atoms with Crippen LogP contribution in [0.4, 0.5) is 4.39 Å². The highest BCUT2D eigenvalue weighted by molar-refractivity contribution is 5.97. The molecule has 130 valence electrons. The molecule has 1 aromatic carbocycles. The number of aliphatic imine (C=N–C) groups is 1. The Kier molecular flexibility index (Phi) is 5.07. The lowest BCUT2D eigenvalue weighted by molar-refractivity contribution is -0.121. The van der Waals surface area contributed by atoms with Gasteiger partial charge in [0.15, 0.2) is 0 Å². The maximum atomic E-state index is 13.0. The molecule has 5 nitrogen and oxygen atoms in total. The number of pyridine rings is 1. The van der Waals surface area contributed by atoms with Gasteiger partial charge in [0.25, 0.3) is 0 Å². The van der Waals surface area contributed by atoms with Crippen molar-refractivity contribution >= 4 is 11.8 Å². The van der Waals surface area contributed by atoms with Crippen molar-refractivity contribution in [2.24, 2.45) is 4.99 Å². The summed E-state index contributed by atoms with van der Waals surface area (Å²) in [5, 5.41) is 2.91. The van der Waals surface area contributed by atoms with E-state index in [1.54, 1.807) is 18.3 Å². The van der Waals surface area contributed by atoms with Crippen LogP contribution in [0.2, 0.25) is 0 Å². The number of nitrogens with one attached hydrogen (secondary N) is 1. The molecule has 3 rings (SSSR count). The summed E-state index contributed by atoms with van der Waals surface area (Å²) < 4.78 is 18.4. The number of carbonyl (C=O) groups is 1. The lowest BCUT2D eigenvalue weighted by atomic mass is 10.1. The highest BCUT2D eigenvalue weighted by Gasteiger charge is 2.19. The predicted octanol–water partition coefficient (Wildman–Crippen LogP) is 2.94. The summed E-state index contributed by atoms with van der Waals surface area (Å²) in [6.45, 7) is 4.88. The largest absolute Gasteiger partial charge is 0.478 e. The van der Waals surface area contributed by atoms with Crippen LogP contribution in [0.3, 0.4) is 0 Å². The van der Waals surface area contributed by atoms with Crippen LogP contribution in [-0.4, -0.2) is 23.4 Å². The molecule has 25 heavy (non-hydrogen) atoms. The molecule has 1 aliphatic heterocycles. The summed E-state index contributed by atoms with van der Waals surface area (Å²) in [5.41, 5.74) is 3.46. The number of hydrogen-bond acceptors (Lipinski definition) is 4. The number of ether oxygens (including phenoxy) is 1. The monoisotopic (exact) mass is 341 g/mol. The average molecular weight is 341 g/mol. The van der Waals surface area contributed by atoms with Gasteiger partial charge in [0.2, 0.25) is 11.8 Å². The first-order chi connectivity index (χ1) is 12.1. The fourth-order valence-electron chi connectivity index (χ4n) is 2.76. The number of aromatic nitrogens is 1. The number of fused-ring (bicyclic) bond motifs is 1. The Hall–Kier alpha value is -2.76. The lowest BCUT2D eigenvalue weighted by Gasteiger charge is -2.14. The second-order valence-electron chi connectivity index (χ2n) is 5.90. The molecule has 6 heteroatoms. The van der Waals surface area contributed by atoms with Crippen LogP contribution in [0.5, 0.6) is 0 Å². The maximum absolute atomic E-state index is 13.0. The van der Waals surface area contributed by atoms with Crippen molar-refractivity contribution in [1.82, 2.24) is 10.3 Å². The molecule has 0 saturated carbocycles. The standard InChI is InChI=1S/C19H20FN3O2/c1-3-25-19-17-11-21-16(8-14(17)10-22-19)9-18(24)23-12(2)13-4-6-15(20)7-5-13/h4-8,11-12H,3,9-10H2,1-2H3,(H,23,24)/t12-/m1/s1. The molecule has 0 bridgehead atoms. The number of carbonyl (C=O) groups excluding carboxylic acids is 1. The van der Waals surface area contributed by atoms with Crippen molar-refractivity contribution in [3.63, 3.8) is 0 Å². The van der Waals surface area contributed by atoms with Crippen LogP contribution in [0.15, 0.2) is 41.5 Å². The number of rotatable bonds is 5. The molecular formula is C19H20FN3O2. The molecule has 1 N–H and O–H groups in total.